The molecule has 9 nitrogen and oxygen atoms in total. The van der Waals surface area contributed by atoms with E-state index in [0.717, 1.165) is 79.2 Å². The van der Waals surface area contributed by atoms with Gasteiger partial charge in [0.05, 0.1) is 25.3 Å². The first-order chi connectivity index (χ1) is 20.1. The summed E-state index contributed by atoms with van der Waals surface area (Å²) in [4.78, 5) is 29.0. The Bertz CT molecular complexity index is 1460. The van der Waals surface area contributed by atoms with E-state index in [9.17, 15) is 4.79 Å². The topological polar surface area (TPSA) is 85.9 Å². The maximum Gasteiger partial charge on any atom is 0.238 e. The summed E-state index contributed by atoms with van der Waals surface area (Å²) in [5.41, 5.74) is 5.89. The van der Waals surface area contributed by atoms with E-state index >= 15 is 0 Å². The number of hydrogen-bond acceptors (Lipinski definition) is 8. The minimum atomic E-state index is -0.0135. The van der Waals surface area contributed by atoms with Crippen LogP contribution in [0.25, 0.3) is 22.0 Å². The van der Waals surface area contributed by atoms with Crippen molar-refractivity contribution >= 4 is 39.8 Å². The number of piperazine rings is 1. The zero-order chi connectivity index (χ0) is 28.0. The van der Waals surface area contributed by atoms with Crippen molar-refractivity contribution in [1.82, 2.24) is 19.8 Å². The third kappa shape index (κ3) is 6.65. The first-order valence-electron chi connectivity index (χ1n) is 14.5. The second kappa shape index (κ2) is 12.6. The smallest absolute Gasteiger partial charge is 0.238 e. The molecule has 0 atom stereocenters. The molecule has 0 bridgehead atoms. The number of fused-ring (bicyclic) bond motifs is 1. The van der Waals surface area contributed by atoms with Gasteiger partial charge >= 0.3 is 0 Å². The van der Waals surface area contributed by atoms with Crippen LogP contribution >= 0.6 is 0 Å². The van der Waals surface area contributed by atoms with Gasteiger partial charge in [-0.2, -0.15) is 0 Å². The van der Waals surface area contributed by atoms with Gasteiger partial charge in [0, 0.05) is 73.5 Å². The first kappa shape index (κ1) is 27.1. The molecule has 2 aliphatic rings. The van der Waals surface area contributed by atoms with Gasteiger partial charge in [0.25, 0.3) is 0 Å². The minimum absolute atomic E-state index is 0.0135. The number of hydrogen-bond donors (Lipinski definition) is 2. The predicted octanol–water partition coefficient (Wildman–Crippen LogP) is 4.45. The summed E-state index contributed by atoms with van der Waals surface area (Å²) in [6.07, 6.45) is 1.86. The minimum Gasteiger partial charge on any atom is -0.379 e. The number of nitrogens with one attached hydrogen (secondary N) is 2. The highest BCUT2D eigenvalue weighted by Crippen LogP contribution is 2.29. The fourth-order valence-electron chi connectivity index (χ4n) is 5.45. The summed E-state index contributed by atoms with van der Waals surface area (Å²) in [5, 5.41) is 7.36. The zero-order valence-electron chi connectivity index (χ0n) is 23.6. The largest absolute Gasteiger partial charge is 0.379 e. The Hall–Kier alpha value is -4.05. The molecule has 2 fully saturated rings. The highest BCUT2D eigenvalue weighted by Gasteiger charge is 2.16. The van der Waals surface area contributed by atoms with Gasteiger partial charge in [-0.15, -0.1) is 0 Å². The van der Waals surface area contributed by atoms with Crippen LogP contribution in [0.15, 0.2) is 72.9 Å². The number of nitrogens with zero attached hydrogens (tertiary/aromatic N) is 5. The van der Waals surface area contributed by atoms with Crippen LogP contribution in [0, 0.1) is 0 Å². The lowest BCUT2D eigenvalue weighted by atomic mass is 10.0. The van der Waals surface area contributed by atoms with E-state index in [4.69, 9.17) is 9.72 Å². The van der Waals surface area contributed by atoms with Crippen molar-refractivity contribution in [3.8, 4) is 11.1 Å². The summed E-state index contributed by atoms with van der Waals surface area (Å²) < 4.78 is 5.36. The zero-order valence-corrected chi connectivity index (χ0v) is 23.6. The molecule has 0 aliphatic carbocycles. The number of carbonyl (C=O) groups excluding carboxylic acids is 1. The molecule has 1 aromatic heterocycles. The van der Waals surface area contributed by atoms with Gasteiger partial charge in [0.15, 0.2) is 0 Å². The van der Waals surface area contributed by atoms with Crippen molar-refractivity contribution in [2.75, 3.05) is 81.1 Å². The number of aromatic nitrogens is 2. The monoisotopic (exact) mass is 551 g/mol. The molecule has 0 spiro atoms. The van der Waals surface area contributed by atoms with Crippen LogP contribution in [-0.4, -0.2) is 91.2 Å². The second-order valence-corrected chi connectivity index (χ2v) is 10.5. The third-order valence-corrected chi connectivity index (χ3v) is 7.87. The number of morpholine rings is 1. The number of benzene rings is 3. The molecule has 0 saturated carbocycles. The first-order valence-corrected chi connectivity index (χ1v) is 14.5. The van der Waals surface area contributed by atoms with E-state index in [1.807, 2.05) is 42.6 Å². The molecule has 1 amide bonds. The van der Waals surface area contributed by atoms with Crippen molar-refractivity contribution in [2.45, 2.75) is 6.92 Å². The Morgan fingerprint density at radius 3 is 2.32 bits per heavy atom. The Labute approximate surface area is 241 Å². The SMILES string of the molecule is CCN1CCN(c2ccc(Nc3ncc4cccc(-c5ccc(NC(=O)CN6CCOCC6)cc5)c4n3)cc2)CC1. The predicted molar refractivity (Wildman–Crippen MR) is 165 cm³/mol. The fourth-order valence-corrected chi connectivity index (χ4v) is 5.45. The Morgan fingerprint density at radius 1 is 0.854 bits per heavy atom. The van der Waals surface area contributed by atoms with Crippen LogP contribution in [0.2, 0.25) is 0 Å². The van der Waals surface area contributed by atoms with E-state index in [0.29, 0.717) is 25.7 Å². The van der Waals surface area contributed by atoms with Crippen LogP contribution in [0.5, 0.6) is 0 Å². The maximum absolute atomic E-state index is 12.5. The van der Waals surface area contributed by atoms with Crippen LogP contribution in [0.1, 0.15) is 6.92 Å². The molecule has 2 saturated heterocycles. The summed E-state index contributed by atoms with van der Waals surface area (Å²) >= 11 is 0. The van der Waals surface area contributed by atoms with E-state index in [-0.39, 0.29) is 5.91 Å². The van der Waals surface area contributed by atoms with Crippen LogP contribution in [0.3, 0.4) is 0 Å². The van der Waals surface area contributed by atoms with Gasteiger partial charge in [-0.05, 0) is 48.5 Å². The van der Waals surface area contributed by atoms with E-state index < -0.39 is 0 Å². The third-order valence-electron chi connectivity index (χ3n) is 7.87. The number of anilines is 4. The van der Waals surface area contributed by atoms with Crippen molar-refractivity contribution in [3.63, 3.8) is 0 Å². The molecule has 2 aliphatic heterocycles. The fraction of sp³-hybridized carbons (Fsp3) is 0.344. The Kier molecular flexibility index (Phi) is 8.36. The quantitative estimate of drug-likeness (QED) is 0.332. The molecular formula is C32H37N7O2. The summed E-state index contributed by atoms with van der Waals surface area (Å²) in [5.74, 6) is 0.543. The van der Waals surface area contributed by atoms with E-state index in [2.05, 4.69) is 67.6 Å². The summed E-state index contributed by atoms with van der Waals surface area (Å²) in [6.45, 7) is 11.0. The normalized spacial score (nSPS) is 16.6. The van der Waals surface area contributed by atoms with Crippen molar-refractivity contribution in [3.05, 3.63) is 72.9 Å². The standard InChI is InChI=1S/C32H37N7O2/c1-2-37-14-16-39(17-15-37)28-12-10-27(11-13-28)35-32-33-22-25-4-3-5-29(31(25)36-32)24-6-8-26(9-7-24)34-30(40)23-38-18-20-41-21-19-38/h3-13,22H,2,14-21,23H2,1H3,(H,34,40)(H,33,35,36). The molecule has 4 aromatic rings. The lowest BCUT2D eigenvalue weighted by Crippen LogP contribution is -2.46. The maximum atomic E-state index is 12.5. The average molecular weight is 552 g/mol. The lowest BCUT2D eigenvalue weighted by Gasteiger charge is -2.35. The van der Waals surface area contributed by atoms with Gasteiger partial charge in [0.2, 0.25) is 11.9 Å². The van der Waals surface area contributed by atoms with Gasteiger partial charge in [-0.3, -0.25) is 9.69 Å². The number of para-hydroxylation sites is 1. The molecule has 9 heteroatoms. The lowest BCUT2D eigenvalue weighted by molar-refractivity contribution is -0.118. The van der Waals surface area contributed by atoms with Crippen LogP contribution < -0.4 is 15.5 Å². The molecule has 0 unspecified atom stereocenters. The second-order valence-electron chi connectivity index (χ2n) is 10.5. The van der Waals surface area contributed by atoms with Crippen molar-refractivity contribution in [2.24, 2.45) is 0 Å². The summed E-state index contributed by atoms with van der Waals surface area (Å²) in [7, 11) is 0. The molecule has 3 aromatic carbocycles. The molecule has 6 rings (SSSR count). The number of amides is 1. The molecule has 212 valence electrons. The molecule has 3 heterocycles. The van der Waals surface area contributed by atoms with Crippen molar-refractivity contribution < 1.29 is 9.53 Å². The molecule has 2 N–H and O–H groups in total. The summed E-state index contributed by atoms with van der Waals surface area (Å²) in [6, 6.07) is 22.5. The van der Waals surface area contributed by atoms with E-state index in [1.54, 1.807) is 0 Å². The van der Waals surface area contributed by atoms with Gasteiger partial charge < -0.3 is 25.2 Å². The number of ether oxygens (including phenoxy) is 1. The number of likely N-dealkylation sites (N-methyl/N-ethyl adjacent to an activating group) is 1. The Morgan fingerprint density at radius 2 is 1.59 bits per heavy atom. The molecular weight excluding hydrogens is 514 g/mol. The molecule has 41 heavy (non-hydrogen) atoms. The van der Waals surface area contributed by atoms with Crippen LogP contribution in [0.4, 0.5) is 23.0 Å². The number of rotatable bonds is 8. The van der Waals surface area contributed by atoms with Gasteiger partial charge in [-0.25, -0.2) is 9.97 Å². The van der Waals surface area contributed by atoms with Crippen LogP contribution in [-0.2, 0) is 9.53 Å². The van der Waals surface area contributed by atoms with Crippen molar-refractivity contribution in [1.29, 1.82) is 0 Å². The number of carbonyl (C=O) groups is 1. The molecule has 0 radical (unpaired) electrons. The van der Waals surface area contributed by atoms with E-state index in [1.165, 1.54) is 5.69 Å². The Balaban J connectivity index is 1.13. The van der Waals surface area contributed by atoms with Gasteiger partial charge in [0.1, 0.15) is 0 Å². The highest BCUT2D eigenvalue weighted by atomic mass is 16.5. The average Bonchev–Trinajstić information content (AvgIpc) is 3.02. The highest BCUT2D eigenvalue weighted by molar-refractivity contribution is 5.95. The van der Waals surface area contributed by atoms with Gasteiger partial charge in [-0.1, -0.05) is 37.3 Å².